The van der Waals surface area contributed by atoms with Gasteiger partial charge >= 0.3 is 5.97 Å². The quantitative estimate of drug-likeness (QED) is 0.794. The SMILES string of the molecule is O=C(O)Cc1csc(C(F)F)n1. The fraction of sp³-hybridized carbons (Fsp3) is 0.333. The monoisotopic (exact) mass is 193 g/mol. The largest absolute Gasteiger partial charge is 0.481 e. The Labute approximate surface area is 70.7 Å². The lowest BCUT2D eigenvalue weighted by Crippen LogP contribution is -2.00. The van der Waals surface area contributed by atoms with Crippen molar-refractivity contribution >= 4 is 17.3 Å². The lowest BCUT2D eigenvalue weighted by Gasteiger charge is -1.89. The Bertz CT molecular complexity index is 287. The molecular formula is C6H5F2NO2S. The first kappa shape index (κ1) is 9.05. The van der Waals surface area contributed by atoms with E-state index >= 15 is 0 Å². The summed E-state index contributed by atoms with van der Waals surface area (Å²) in [5.41, 5.74) is 0.183. The molecule has 1 N–H and O–H groups in total. The van der Waals surface area contributed by atoms with Gasteiger partial charge in [-0.15, -0.1) is 11.3 Å². The molecule has 0 bridgehead atoms. The van der Waals surface area contributed by atoms with E-state index in [1.165, 1.54) is 5.38 Å². The van der Waals surface area contributed by atoms with Gasteiger partial charge in [-0.3, -0.25) is 4.79 Å². The van der Waals surface area contributed by atoms with E-state index < -0.39 is 12.4 Å². The Balaban J connectivity index is 2.70. The molecule has 0 aliphatic carbocycles. The van der Waals surface area contributed by atoms with Crippen LogP contribution in [0.4, 0.5) is 8.78 Å². The van der Waals surface area contributed by atoms with Crippen molar-refractivity contribution in [2.75, 3.05) is 0 Å². The molecule has 0 spiro atoms. The van der Waals surface area contributed by atoms with Crippen molar-refractivity contribution in [3.63, 3.8) is 0 Å². The second-order valence-corrected chi connectivity index (χ2v) is 2.94. The first-order valence-electron chi connectivity index (χ1n) is 3.04. The molecule has 12 heavy (non-hydrogen) atoms. The van der Waals surface area contributed by atoms with Crippen LogP contribution in [0.15, 0.2) is 5.38 Å². The number of rotatable bonds is 3. The summed E-state index contributed by atoms with van der Waals surface area (Å²) in [4.78, 5) is 13.6. The van der Waals surface area contributed by atoms with Crippen molar-refractivity contribution in [1.82, 2.24) is 4.98 Å². The van der Waals surface area contributed by atoms with Gasteiger partial charge in [-0.2, -0.15) is 0 Å². The number of carboxylic acid groups (broad SMARTS) is 1. The highest BCUT2D eigenvalue weighted by atomic mass is 32.1. The maximum Gasteiger partial charge on any atom is 0.309 e. The second kappa shape index (κ2) is 3.57. The molecule has 1 aromatic rings. The number of aliphatic carboxylic acids is 1. The number of hydrogen-bond donors (Lipinski definition) is 1. The van der Waals surface area contributed by atoms with Gasteiger partial charge in [0.25, 0.3) is 6.43 Å². The van der Waals surface area contributed by atoms with Crippen LogP contribution in [0.25, 0.3) is 0 Å². The van der Waals surface area contributed by atoms with Crippen LogP contribution in [0.1, 0.15) is 17.1 Å². The van der Waals surface area contributed by atoms with Gasteiger partial charge in [0.15, 0.2) is 5.01 Å². The Morgan fingerprint density at radius 3 is 2.83 bits per heavy atom. The lowest BCUT2D eigenvalue weighted by molar-refractivity contribution is -0.136. The van der Waals surface area contributed by atoms with Gasteiger partial charge in [0, 0.05) is 5.38 Å². The van der Waals surface area contributed by atoms with E-state index in [1.54, 1.807) is 0 Å². The van der Waals surface area contributed by atoms with Crippen molar-refractivity contribution in [3.8, 4) is 0 Å². The number of carboxylic acids is 1. The van der Waals surface area contributed by atoms with E-state index in [1.807, 2.05) is 0 Å². The fourth-order valence-corrected chi connectivity index (χ4v) is 1.32. The fourth-order valence-electron chi connectivity index (χ4n) is 0.659. The Morgan fingerprint density at radius 1 is 1.75 bits per heavy atom. The number of hydrogen-bond acceptors (Lipinski definition) is 3. The van der Waals surface area contributed by atoms with E-state index in [-0.39, 0.29) is 17.1 Å². The van der Waals surface area contributed by atoms with Crippen LogP contribution in [0, 0.1) is 0 Å². The van der Waals surface area contributed by atoms with Gasteiger partial charge in [0.1, 0.15) is 0 Å². The highest BCUT2D eigenvalue weighted by Gasteiger charge is 2.13. The first-order valence-corrected chi connectivity index (χ1v) is 3.92. The molecule has 0 fully saturated rings. The zero-order valence-corrected chi connectivity index (χ0v) is 6.65. The molecule has 0 amide bonds. The van der Waals surface area contributed by atoms with Crippen LogP contribution in [0.2, 0.25) is 0 Å². The zero-order valence-electron chi connectivity index (χ0n) is 5.83. The average molecular weight is 193 g/mol. The van der Waals surface area contributed by atoms with E-state index in [9.17, 15) is 13.6 Å². The minimum atomic E-state index is -2.61. The number of aromatic nitrogens is 1. The summed E-state index contributed by atoms with van der Waals surface area (Å²) in [6.45, 7) is 0. The number of halogens is 2. The third kappa shape index (κ3) is 2.23. The molecule has 6 heteroatoms. The Hall–Kier alpha value is -1.04. The van der Waals surface area contributed by atoms with Crippen LogP contribution in [0.3, 0.4) is 0 Å². The highest BCUT2D eigenvalue weighted by molar-refractivity contribution is 7.09. The van der Waals surface area contributed by atoms with Crippen molar-refractivity contribution in [2.24, 2.45) is 0 Å². The molecule has 1 rings (SSSR count). The molecule has 0 saturated carbocycles. The molecule has 1 heterocycles. The van der Waals surface area contributed by atoms with Crippen molar-refractivity contribution < 1.29 is 18.7 Å². The van der Waals surface area contributed by atoms with E-state index in [4.69, 9.17) is 5.11 Å². The molecule has 0 saturated heterocycles. The molecule has 0 radical (unpaired) electrons. The summed E-state index contributed by atoms with van der Waals surface area (Å²) in [6, 6.07) is 0. The third-order valence-electron chi connectivity index (χ3n) is 1.09. The average Bonchev–Trinajstić information content (AvgIpc) is 2.34. The lowest BCUT2D eigenvalue weighted by atomic mass is 10.3. The highest BCUT2D eigenvalue weighted by Crippen LogP contribution is 2.22. The van der Waals surface area contributed by atoms with Gasteiger partial charge in [-0.05, 0) is 0 Å². The van der Waals surface area contributed by atoms with Gasteiger partial charge in [0.05, 0.1) is 12.1 Å². The number of carbonyl (C=O) groups is 1. The van der Waals surface area contributed by atoms with Crippen LogP contribution < -0.4 is 0 Å². The van der Waals surface area contributed by atoms with E-state index in [2.05, 4.69) is 4.98 Å². The van der Waals surface area contributed by atoms with Crippen LogP contribution in [0.5, 0.6) is 0 Å². The molecule has 1 aromatic heterocycles. The Kier molecular flexibility index (Phi) is 2.69. The Morgan fingerprint density at radius 2 is 2.42 bits per heavy atom. The summed E-state index contributed by atoms with van der Waals surface area (Å²) in [6.07, 6.45) is -2.92. The van der Waals surface area contributed by atoms with Gasteiger partial charge in [-0.1, -0.05) is 0 Å². The van der Waals surface area contributed by atoms with Gasteiger partial charge in [0.2, 0.25) is 0 Å². The first-order chi connectivity index (χ1) is 5.59. The molecule has 0 aliphatic heterocycles. The van der Waals surface area contributed by atoms with Crippen molar-refractivity contribution in [2.45, 2.75) is 12.8 Å². The molecule has 0 unspecified atom stereocenters. The molecular weight excluding hydrogens is 188 g/mol. The van der Waals surface area contributed by atoms with Gasteiger partial charge < -0.3 is 5.11 Å². The summed E-state index contributed by atoms with van der Waals surface area (Å²) in [5, 5.41) is 9.29. The molecule has 3 nitrogen and oxygen atoms in total. The standard InChI is InChI=1S/C6H5F2NO2S/c7-5(8)6-9-3(2-12-6)1-4(10)11/h2,5H,1H2,(H,10,11). The van der Waals surface area contributed by atoms with Gasteiger partial charge in [-0.25, -0.2) is 13.8 Å². The number of alkyl halides is 2. The van der Waals surface area contributed by atoms with Crippen LogP contribution in [-0.2, 0) is 11.2 Å². The minimum absolute atomic E-state index is 0.183. The molecule has 66 valence electrons. The second-order valence-electron chi connectivity index (χ2n) is 2.05. The maximum atomic E-state index is 11.9. The van der Waals surface area contributed by atoms with Crippen LogP contribution in [-0.4, -0.2) is 16.1 Å². The number of thiazole rings is 1. The van der Waals surface area contributed by atoms with Crippen LogP contribution >= 0.6 is 11.3 Å². The summed E-state index contributed by atoms with van der Waals surface area (Å²) >= 11 is 0.775. The molecule has 0 aliphatic rings. The summed E-state index contributed by atoms with van der Waals surface area (Å²) in [7, 11) is 0. The molecule has 0 aromatic carbocycles. The summed E-state index contributed by atoms with van der Waals surface area (Å²) < 4.78 is 23.8. The predicted octanol–water partition coefficient (Wildman–Crippen LogP) is 1.71. The molecule has 0 atom stereocenters. The smallest absolute Gasteiger partial charge is 0.309 e. The third-order valence-corrected chi connectivity index (χ3v) is 1.99. The normalized spacial score (nSPS) is 10.6. The van der Waals surface area contributed by atoms with E-state index in [0.29, 0.717) is 0 Å². The van der Waals surface area contributed by atoms with Crippen molar-refractivity contribution in [1.29, 1.82) is 0 Å². The minimum Gasteiger partial charge on any atom is -0.481 e. The number of nitrogens with zero attached hydrogens (tertiary/aromatic N) is 1. The summed E-state index contributed by atoms with van der Waals surface area (Å²) in [5.74, 6) is -1.07. The zero-order chi connectivity index (χ0) is 9.14. The topological polar surface area (TPSA) is 50.2 Å². The van der Waals surface area contributed by atoms with Crippen molar-refractivity contribution in [3.05, 3.63) is 16.1 Å². The maximum absolute atomic E-state index is 11.9. The van der Waals surface area contributed by atoms with E-state index in [0.717, 1.165) is 11.3 Å². The predicted molar refractivity (Wildman–Crippen MR) is 38.4 cm³/mol.